The summed E-state index contributed by atoms with van der Waals surface area (Å²) in [6.07, 6.45) is 8.47. The monoisotopic (exact) mass is 285 g/mol. The molecule has 0 spiro atoms. The quantitative estimate of drug-likeness (QED) is 0.729. The lowest BCUT2D eigenvalue weighted by Gasteiger charge is -2.27. The Morgan fingerprint density at radius 2 is 1.89 bits per heavy atom. The van der Waals surface area contributed by atoms with Gasteiger partial charge in [-0.25, -0.2) is 0 Å². The number of hydrogen-bond donors (Lipinski definition) is 1. The lowest BCUT2D eigenvalue weighted by atomic mass is 9.92. The molecule has 1 nitrogen and oxygen atoms in total. The molecule has 2 atom stereocenters. The highest BCUT2D eigenvalue weighted by atomic mass is 35.5. The summed E-state index contributed by atoms with van der Waals surface area (Å²) >= 11 is 7.63. The van der Waals surface area contributed by atoms with E-state index >= 15 is 0 Å². The third kappa shape index (κ3) is 3.97. The van der Waals surface area contributed by atoms with Crippen molar-refractivity contribution in [3.8, 4) is 0 Å². The molecule has 1 aliphatic carbocycles. The molecule has 1 aliphatic rings. The molecule has 3 heteroatoms. The first kappa shape index (κ1) is 14.4. The van der Waals surface area contributed by atoms with Gasteiger partial charge in [0.25, 0.3) is 0 Å². The van der Waals surface area contributed by atoms with E-state index in [1.165, 1.54) is 44.1 Å². The number of thiophene rings is 1. The summed E-state index contributed by atoms with van der Waals surface area (Å²) in [6, 6.07) is 3.10. The van der Waals surface area contributed by atoms with Gasteiger partial charge in [0.05, 0.1) is 4.34 Å². The highest BCUT2D eigenvalue weighted by Gasteiger charge is 2.20. The molecule has 1 aromatic heterocycles. The Morgan fingerprint density at radius 3 is 2.44 bits per heavy atom. The Morgan fingerprint density at radius 1 is 1.22 bits per heavy atom. The Hall–Kier alpha value is -0.0500. The van der Waals surface area contributed by atoms with Crippen molar-refractivity contribution in [1.82, 2.24) is 5.32 Å². The second-order valence-electron chi connectivity index (χ2n) is 5.61. The Kier molecular flexibility index (Phi) is 5.53. The first-order chi connectivity index (χ1) is 8.66. The van der Waals surface area contributed by atoms with E-state index < -0.39 is 0 Å². The van der Waals surface area contributed by atoms with Gasteiger partial charge in [-0.1, -0.05) is 37.3 Å². The predicted molar refractivity (Wildman–Crippen MR) is 81.5 cm³/mol. The Balaban J connectivity index is 1.87. The molecule has 2 rings (SSSR count). The summed E-state index contributed by atoms with van der Waals surface area (Å²) in [4.78, 5) is 0. The van der Waals surface area contributed by atoms with Crippen molar-refractivity contribution in [1.29, 1.82) is 0 Å². The number of nitrogens with one attached hydrogen (secondary N) is 1. The van der Waals surface area contributed by atoms with Crippen LogP contribution in [0.2, 0.25) is 4.34 Å². The van der Waals surface area contributed by atoms with E-state index in [1.54, 1.807) is 11.3 Å². The van der Waals surface area contributed by atoms with Crippen LogP contribution in [-0.4, -0.2) is 6.04 Å². The molecule has 1 aromatic rings. The van der Waals surface area contributed by atoms with Gasteiger partial charge < -0.3 is 5.32 Å². The molecule has 0 saturated heterocycles. The summed E-state index contributed by atoms with van der Waals surface area (Å²) in [5.41, 5.74) is 1.32. The second-order valence-corrected chi connectivity index (χ2v) is 7.16. The van der Waals surface area contributed by atoms with E-state index in [2.05, 4.69) is 30.6 Å². The topological polar surface area (TPSA) is 12.0 Å². The summed E-state index contributed by atoms with van der Waals surface area (Å²) in [5, 5.41) is 5.92. The SMILES string of the molecule is CC(N[C@H](C)C1CCCCCC1)c1csc(Cl)c1. The van der Waals surface area contributed by atoms with Crippen LogP contribution in [0.15, 0.2) is 11.4 Å². The van der Waals surface area contributed by atoms with Crippen LogP contribution in [0.3, 0.4) is 0 Å². The van der Waals surface area contributed by atoms with Gasteiger partial charge in [-0.15, -0.1) is 11.3 Å². The minimum atomic E-state index is 0.409. The predicted octanol–water partition coefficient (Wildman–Crippen LogP) is 5.41. The smallest absolute Gasteiger partial charge is 0.0931 e. The molecule has 1 N–H and O–H groups in total. The zero-order valence-corrected chi connectivity index (χ0v) is 13.0. The standard InChI is InChI=1S/C15H24ClNS/c1-11(13-7-5-3-4-6-8-13)17-12(2)14-9-15(16)18-10-14/h9-13,17H,3-8H2,1-2H3/t11-,12?/m1/s1. The van der Waals surface area contributed by atoms with Crippen molar-refractivity contribution >= 4 is 22.9 Å². The molecule has 1 heterocycles. The Bertz CT molecular complexity index is 355. The second kappa shape index (κ2) is 6.93. The fraction of sp³-hybridized carbons (Fsp3) is 0.733. The van der Waals surface area contributed by atoms with Gasteiger partial charge in [-0.05, 0) is 49.6 Å². The summed E-state index contributed by atoms with van der Waals surface area (Å²) < 4.78 is 0.890. The van der Waals surface area contributed by atoms with Crippen LogP contribution >= 0.6 is 22.9 Å². The fourth-order valence-electron chi connectivity index (χ4n) is 2.99. The van der Waals surface area contributed by atoms with Crippen molar-refractivity contribution in [3.63, 3.8) is 0 Å². The average Bonchev–Trinajstić information content (AvgIpc) is 2.63. The van der Waals surface area contributed by atoms with E-state index in [0.29, 0.717) is 12.1 Å². The van der Waals surface area contributed by atoms with Gasteiger partial charge in [0.2, 0.25) is 0 Å². The maximum atomic E-state index is 6.00. The van der Waals surface area contributed by atoms with Crippen LogP contribution < -0.4 is 5.32 Å². The molecule has 1 fully saturated rings. The van der Waals surface area contributed by atoms with Gasteiger partial charge in [-0.3, -0.25) is 0 Å². The largest absolute Gasteiger partial charge is 0.307 e. The first-order valence-electron chi connectivity index (χ1n) is 7.17. The van der Waals surface area contributed by atoms with Crippen LogP contribution in [0.1, 0.15) is 64.0 Å². The van der Waals surface area contributed by atoms with Gasteiger partial charge in [0, 0.05) is 12.1 Å². The van der Waals surface area contributed by atoms with Gasteiger partial charge in [0.1, 0.15) is 0 Å². The number of halogens is 1. The average molecular weight is 286 g/mol. The van der Waals surface area contributed by atoms with Crippen LogP contribution in [0.4, 0.5) is 0 Å². The van der Waals surface area contributed by atoms with Crippen molar-refractivity contribution in [2.75, 3.05) is 0 Å². The maximum absolute atomic E-state index is 6.00. The molecule has 0 aliphatic heterocycles. The highest BCUT2D eigenvalue weighted by Crippen LogP contribution is 2.28. The normalized spacial score (nSPS) is 21.5. The lowest BCUT2D eigenvalue weighted by molar-refractivity contribution is 0.316. The minimum absolute atomic E-state index is 0.409. The molecule has 18 heavy (non-hydrogen) atoms. The van der Waals surface area contributed by atoms with Crippen LogP contribution in [0.5, 0.6) is 0 Å². The van der Waals surface area contributed by atoms with E-state index in [9.17, 15) is 0 Å². The molecule has 0 aromatic carbocycles. The molecule has 0 amide bonds. The summed E-state index contributed by atoms with van der Waals surface area (Å²) in [5.74, 6) is 0.851. The maximum Gasteiger partial charge on any atom is 0.0931 e. The highest BCUT2D eigenvalue weighted by molar-refractivity contribution is 7.14. The van der Waals surface area contributed by atoms with Crippen molar-refractivity contribution in [3.05, 3.63) is 21.3 Å². The third-order valence-corrected chi connectivity index (χ3v) is 5.32. The third-order valence-electron chi connectivity index (χ3n) is 4.21. The van der Waals surface area contributed by atoms with E-state index in [0.717, 1.165) is 10.3 Å². The van der Waals surface area contributed by atoms with Crippen LogP contribution in [0.25, 0.3) is 0 Å². The molecule has 1 unspecified atom stereocenters. The Labute approximate surface area is 120 Å². The van der Waals surface area contributed by atoms with E-state index in [1.807, 2.05) is 0 Å². The van der Waals surface area contributed by atoms with Gasteiger partial charge in [0.15, 0.2) is 0 Å². The minimum Gasteiger partial charge on any atom is -0.307 e. The van der Waals surface area contributed by atoms with Crippen LogP contribution in [0, 0.1) is 5.92 Å². The van der Waals surface area contributed by atoms with E-state index in [4.69, 9.17) is 11.6 Å². The number of rotatable bonds is 4. The van der Waals surface area contributed by atoms with Gasteiger partial charge in [-0.2, -0.15) is 0 Å². The summed E-state index contributed by atoms with van der Waals surface area (Å²) in [6.45, 7) is 4.59. The number of hydrogen-bond acceptors (Lipinski definition) is 2. The molecular weight excluding hydrogens is 262 g/mol. The molecule has 0 bridgehead atoms. The molecular formula is C15H24ClNS. The molecule has 102 valence electrons. The van der Waals surface area contributed by atoms with Crippen molar-refractivity contribution in [2.24, 2.45) is 5.92 Å². The van der Waals surface area contributed by atoms with Gasteiger partial charge >= 0.3 is 0 Å². The molecule has 0 radical (unpaired) electrons. The summed E-state index contributed by atoms with van der Waals surface area (Å²) in [7, 11) is 0. The first-order valence-corrected chi connectivity index (χ1v) is 8.42. The fourth-order valence-corrected chi connectivity index (χ4v) is 3.97. The lowest BCUT2D eigenvalue weighted by Crippen LogP contribution is -2.35. The van der Waals surface area contributed by atoms with Crippen LogP contribution in [-0.2, 0) is 0 Å². The van der Waals surface area contributed by atoms with Crippen molar-refractivity contribution in [2.45, 2.75) is 64.5 Å². The van der Waals surface area contributed by atoms with Crippen molar-refractivity contribution < 1.29 is 0 Å². The molecule has 1 saturated carbocycles. The van der Waals surface area contributed by atoms with E-state index in [-0.39, 0.29) is 0 Å². The zero-order chi connectivity index (χ0) is 13.0. The zero-order valence-electron chi connectivity index (χ0n) is 11.4.